The first-order valence-electron chi connectivity index (χ1n) is 9.10. The van der Waals surface area contributed by atoms with Gasteiger partial charge in [-0.25, -0.2) is 4.98 Å². The molecule has 1 heterocycles. The maximum absolute atomic E-state index is 12.6. The highest BCUT2D eigenvalue weighted by Crippen LogP contribution is 2.29. The summed E-state index contributed by atoms with van der Waals surface area (Å²) in [6, 6.07) is 7.18. The van der Waals surface area contributed by atoms with Crippen molar-refractivity contribution in [2.75, 3.05) is 10.6 Å². The Bertz CT molecular complexity index is 914. The van der Waals surface area contributed by atoms with E-state index in [1.165, 1.54) is 23.1 Å². The van der Waals surface area contributed by atoms with E-state index in [0.717, 1.165) is 4.90 Å². The molecule has 0 saturated heterocycles. The molecule has 2 amide bonds. The van der Waals surface area contributed by atoms with Crippen molar-refractivity contribution >= 4 is 51.7 Å². The van der Waals surface area contributed by atoms with Crippen molar-refractivity contribution in [1.29, 1.82) is 0 Å². The van der Waals surface area contributed by atoms with Crippen LogP contribution in [0.15, 0.2) is 52.9 Å². The first-order chi connectivity index (χ1) is 13.9. The molecule has 0 radical (unpaired) electrons. The smallest absolute Gasteiger partial charge is 0.307 e. The molecule has 1 aromatic carbocycles. The Morgan fingerprint density at radius 2 is 1.97 bits per heavy atom. The molecule has 0 spiro atoms. The third kappa shape index (κ3) is 5.68. The molecule has 9 heteroatoms. The van der Waals surface area contributed by atoms with Crippen LogP contribution in [-0.2, 0) is 14.4 Å². The van der Waals surface area contributed by atoms with Crippen molar-refractivity contribution in [2.24, 2.45) is 11.8 Å². The number of amides is 2. The van der Waals surface area contributed by atoms with Gasteiger partial charge in [0.15, 0.2) is 5.13 Å². The van der Waals surface area contributed by atoms with Crippen molar-refractivity contribution in [3.63, 3.8) is 0 Å². The van der Waals surface area contributed by atoms with Gasteiger partial charge in [-0.15, -0.1) is 23.1 Å². The van der Waals surface area contributed by atoms with Gasteiger partial charge in [-0.05, 0) is 38.0 Å². The Morgan fingerprint density at radius 3 is 2.66 bits per heavy atom. The van der Waals surface area contributed by atoms with Crippen molar-refractivity contribution in [2.45, 2.75) is 29.9 Å². The van der Waals surface area contributed by atoms with Crippen LogP contribution >= 0.6 is 23.1 Å². The minimum absolute atomic E-state index is 0.155. The summed E-state index contributed by atoms with van der Waals surface area (Å²) in [5.74, 6) is -2.74. The average molecular weight is 432 g/mol. The third-order valence-corrected chi connectivity index (χ3v) is 6.31. The quantitative estimate of drug-likeness (QED) is 0.454. The number of anilines is 2. The van der Waals surface area contributed by atoms with E-state index in [2.05, 4.69) is 15.6 Å². The van der Waals surface area contributed by atoms with E-state index in [-0.39, 0.29) is 17.1 Å². The van der Waals surface area contributed by atoms with E-state index in [0.29, 0.717) is 23.7 Å². The molecule has 152 valence electrons. The normalized spacial score (nSPS) is 19.3. The van der Waals surface area contributed by atoms with Gasteiger partial charge in [-0.1, -0.05) is 18.2 Å². The van der Waals surface area contributed by atoms with Crippen molar-refractivity contribution in [3.8, 4) is 0 Å². The van der Waals surface area contributed by atoms with Crippen LogP contribution < -0.4 is 10.6 Å². The highest BCUT2D eigenvalue weighted by molar-refractivity contribution is 8.00. The van der Waals surface area contributed by atoms with Crippen molar-refractivity contribution in [3.05, 3.63) is 48.0 Å². The molecule has 1 aromatic heterocycles. The Hall–Kier alpha value is -2.65. The molecule has 7 nitrogen and oxygen atoms in total. The summed E-state index contributed by atoms with van der Waals surface area (Å²) in [7, 11) is 0. The number of benzene rings is 1. The lowest BCUT2D eigenvalue weighted by molar-refractivity contribution is -0.146. The number of thioether (sulfide) groups is 1. The van der Waals surface area contributed by atoms with Crippen LogP contribution in [0.1, 0.15) is 19.8 Å². The number of nitrogens with one attached hydrogen (secondary N) is 2. The molecule has 0 saturated carbocycles. The van der Waals surface area contributed by atoms with Crippen molar-refractivity contribution < 1.29 is 19.5 Å². The van der Waals surface area contributed by atoms with Crippen LogP contribution in [0.2, 0.25) is 0 Å². The molecular weight excluding hydrogens is 410 g/mol. The molecule has 3 unspecified atom stereocenters. The molecule has 3 N–H and O–H groups in total. The van der Waals surface area contributed by atoms with Gasteiger partial charge < -0.3 is 15.7 Å². The monoisotopic (exact) mass is 431 g/mol. The van der Waals surface area contributed by atoms with E-state index in [4.69, 9.17) is 0 Å². The molecule has 29 heavy (non-hydrogen) atoms. The van der Waals surface area contributed by atoms with E-state index in [9.17, 15) is 19.5 Å². The maximum Gasteiger partial charge on any atom is 0.307 e. The Labute approximate surface area is 176 Å². The number of aliphatic carboxylic acids is 1. The Balaban J connectivity index is 1.61. The Morgan fingerprint density at radius 1 is 1.21 bits per heavy atom. The molecule has 3 atom stereocenters. The zero-order chi connectivity index (χ0) is 20.8. The minimum atomic E-state index is -0.959. The number of allylic oxidation sites excluding steroid dienone is 2. The number of nitrogens with zero attached hydrogens (tertiary/aromatic N) is 1. The topological polar surface area (TPSA) is 108 Å². The van der Waals surface area contributed by atoms with Crippen LogP contribution in [-0.4, -0.2) is 33.1 Å². The first-order valence-corrected chi connectivity index (χ1v) is 10.9. The molecule has 0 fully saturated rings. The summed E-state index contributed by atoms with van der Waals surface area (Å²) in [6.45, 7) is 1.80. The van der Waals surface area contributed by atoms with Gasteiger partial charge in [0.25, 0.3) is 0 Å². The molecule has 2 aromatic rings. The number of hydrogen-bond acceptors (Lipinski definition) is 6. The summed E-state index contributed by atoms with van der Waals surface area (Å²) in [4.78, 5) is 41.2. The zero-order valence-corrected chi connectivity index (χ0v) is 17.3. The van der Waals surface area contributed by atoms with E-state index in [1.807, 2.05) is 12.1 Å². The minimum Gasteiger partial charge on any atom is -0.481 e. The highest BCUT2D eigenvalue weighted by Gasteiger charge is 2.34. The van der Waals surface area contributed by atoms with Crippen LogP contribution in [0.5, 0.6) is 0 Å². The summed E-state index contributed by atoms with van der Waals surface area (Å²) in [6.07, 6.45) is 6.04. The second-order valence-electron chi connectivity index (χ2n) is 6.60. The van der Waals surface area contributed by atoms with E-state index in [1.54, 1.807) is 42.8 Å². The van der Waals surface area contributed by atoms with Crippen LogP contribution in [0.25, 0.3) is 0 Å². The predicted molar refractivity (Wildman–Crippen MR) is 114 cm³/mol. The fourth-order valence-electron chi connectivity index (χ4n) is 3.01. The number of rotatable bonds is 7. The molecule has 1 aliphatic carbocycles. The van der Waals surface area contributed by atoms with Gasteiger partial charge in [0.05, 0.1) is 17.1 Å². The number of hydrogen-bond donors (Lipinski definition) is 3. The van der Waals surface area contributed by atoms with Gasteiger partial charge in [-0.3, -0.25) is 14.4 Å². The Kier molecular flexibility index (Phi) is 7.05. The fourth-order valence-corrected chi connectivity index (χ4v) is 4.47. The SMILES string of the molecule is CC(Sc1cccc(NC(=O)C2CC=CCC2C(=O)O)c1)C(=O)Nc1nccs1. The van der Waals surface area contributed by atoms with E-state index >= 15 is 0 Å². The van der Waals surface area contributed by atoms with Crippen LogP contribution in [0.4, 0.5) is 10.8 Å². The van der Waals surface area contributed by atoms with Crippen LogP contribution in [0, 0.1) is 11.8 Å². The largest absolute Gasteiger partial charge is 0.481 e. The number of thiazole rings is 1. The van der Waals surface area contributed by atoms with Gasteiger partial charge in [0, 0.05) is 22.2 Å². The average Bonchev–Trinajstić information content (AvgIpc) is 3.21. The molecule has 3 rings (SSSR count). The zero-order valence-electron chi connectivity index (χ0n) is 15.7. The van der Waals surface area contributed by atoms with Gasteiger partial charge in [0.1, 0.15) is 0 Å². The highest BCUT2D eigenvalue weighted by atomic mass is 32.2. The number of aromatic nitrogens is 1. The summed E-state index contributed by atoms with van der Waals surface area (Å²) >= 11 is 2.72. The van der Waals surface area contributed by atoms with Gasteiger partial charge >= 0.3 is 5.97 Å². The van der Waals surface area contributed by atoms with Crippen molar-refractivity contribution in [1.82, 2.24) is 4.98 Å². The summed E-state index contributed by atoms with van der Waals surface area (Å²) < 4.78 is 0. The number of carboxylic acids is 1. The number of carbonyl (C=O) groups is 3. The molecule has 1 aliphatic rings. The number of carboxylic acid groups (broad SMARTS) is 1. The lowest BCUT2D eigenvalue weighted by Gasteiger charge is -2.24. The lowest BCUT2D eigenvalue weighted by atomic mass is 9.82. The predicted octanol–water partition coefficient (Wildman–Crippen LogP) is 3.87. The van der Waals surface area contributed by atoms with Gasteiger partial charge in [0.2, 0.25) is 11.8 Å². The first kappa shape index (κ1) is 21.1. The fraction of sp³-hybridized carbons (Fsp3) is 0.300. The van der Waals surface area contributed by atoms with Gasteiger partial charge in [-0.2, -0.15) is 0 Å². The lowest BCUT2D eigenvalue weighted by Crippen LogP contribution is -2.34. The maximum atomic E-state index is 12.6. The second-order valence-corrected chi connectivity index (χ2v) is 8.91. The third-order valence-electron chi connectivity index (χ3n) is 4.53. The summed E-state index contributed by atoms with van der Waals surface area (Å²) in [5, 5.41) is 16.9. The van der Waals surface area contributed by atoms with Crippen LogP contribution in [0.3, 0.4) is 0 Å². The standard InChI is InChI=1S/C20H21N3O4S2/c1-12(17(24)23-20-21-9-10-28-20)29-14-6-4-5-13(11-14)22-18(25)15-7-2-3-8-16(15)19(26)27/h2-6,9-12,15-16H,7-8H2,1H3,(H,22,25)(H,26,27)(H,21,23,24). The second kappa shape index (κ2) is 9.71. The molecular formula is C20H21N3O4S2. The summed E-state index contributed by atoms with van der Waals surface area (Å²) in [5.41, 5.74) is 0.575. The molecule has 0 aliphatic heterocycles. The molecule has 0 bridgehead atoms. The number of carbonyl (C=O) groups excluding carboxylic acids is 2. The van der Waals surface area contributed by atoms with E-state index < -0.39 is 17.8 Å².